The van der Waals surface area contributed by atoms with E-state index in [4.69, 9.17) is 0 Å². The number of aryl methyl sites for hydroxylation is 2. The summed E-state index contributed by atoms with van der Waals surface area (Å²) in [6, 6.07) is 24.4. The smallest absolute Gasteiger partial charge is 0.255 e. The number of anilines is 4. The third kappa shape index (κ3) is 5.63. The minimum Gasteiger partial charge on any atom is -0.340 e. The Morgan fingerprint density at radius 3 is 2.32 bits per heavy atom. The topological polar surface area (TPSA) is 96.0 Å². The van der Waals surface area contributed by atoms with Crippen molar-refractivity contribution in [2.45, 2.75) is 20.8 Å². The van der Waals surface area contributed by atoms with Crippen molar-refractivity contribution in [1.29, 1.82) is 0 Å². The van der Waals surface area contributed by atoms with Crippen molar-refractivity contribution in [2.24, 2.45) is 0 Å². The molecule has 3 N–H and O–H groups in total. The fourth-order valence-electron chi connectivity index (χ4n) is 3.51. The van der Waals surface area contributed by atoms with E-state index in [0.717, 1.165) is 22.5 Å². The summed E-state index contributed by atoms with van der Waals surface area (Å²) in [6.45, 7) is 5.18. The Balaban J connectivity index is 1.53. The van der Waals surface area contributed by atoms with Gasteiger partial charge in [0.2, 0.25) is 5.91 Å². The molecule has 0 aliphatic carbocycles. The first-order valence-electron chi connectivity index (χ1n) is 10.9. The van der Waals surface area contributed by atoms with Crippen LogP contribution < -0.4 is 16.0 Å². The fourth-order valence-corrected chi connectivity index (χ4v) is 3.51. The zero-order chi connectivity index (χ0) is 24.1. The van der Waals surface area contributed by atoms with E-state index < -0.39 is 0 Å². The van der Waals surface area contributed by atoms with Crippen LogP contribution in [-0.4, -0.2) is 21.8 Å². The van der Waals surface area contributed by atoms with E-state index in [1.54, 1.807) is 24.3 Å². The number of carbonyl (C=O) groups is 2. The van der Waals surface area contributed by atoms with E-state index in [1.807, 2.05) is 68.4 Å². The first-order chi connectivity index (χ1) is 16.4. The predicted octanol–water partition coefficient (Wildman–Crippen LogP) is 5.71. The van der Waals surface area contributed by atoms with Crippen LogP contribution in [0.5, 0.6) is 0 Å². The summed E-state index contributed by atoms with van der Waals surface area (Å²) in [5, 5.41) is 8.94. The molecule has 1 aromatic heterocycles. The molecule has 0 aliphatic heterocycles. The lowest BCUT2D eigenvalue weighted by Gasteiger charge is -2.12. The lowest BCUT2D eigenvalue weighted by atomic mass is 10.1. The molecule has 34 heavy (non-hydrogen) atoms. The van der Waals surface area contributed by atoms with Crippen LogP contribution in [0.2, 0.25) is 0 Å². The highest BCUT2D eigenvalue weighted by atomic mass is 16.2. The summed E-state index contributed by atoms with van der Waals surface area (Å²) < 4.78 is 0. The Labute approximate surface area is 198 Å². The van der Waals surface area contributed by atoms with Crippen LogP contribution in [0.25, 0.3) is 11.3 Å². The molecule has 0 aliphatic rings. The predicted molar refractivity (Wildman–Crippen MR) is 135 cm³/mol. The van der Waals surface area contributed by atoms with Crippen molar-refractivity contribution < 1.29 is 9.59 Å². The van der Waals surface area contributed by atoms with Gasteiger partial charge >= 0.3 is 0 Å². The van der Waals surface area contributed by atoms with E-state index in [1.165, 1.54) is 6.92 Å². The van der Waals surface area contributed by atoms with E-state index >= 15 is 0 Å². The number of nitrogens with zero attached hydrogens (tertiary/aromatic N) is 2. The van der Waals surface area contributed by atoms with Crippen LogP contribution in [0.15, 0.2) is 78.9 Å². The Morgan fingerprint density at radius 2 is 1.56 bits per heavy atom. The number of amides is 2. The largest absolute Gasteiger partial charge is 0.340 e. The van der Waals surface area contributed by atoms with Gasteiger partial charge in [0.1, 0.15) is 11.6 Å². The molecule has 0 atom stereocenters. The van der Waals surface area contributed by atoms with Crippen LogP contribution in [0.1, 0.15) is 28.7 Å². The normalized spacial score (nSPS) is 10.4. The minimum atomic E-state index is -0.254. The van der Waals surface area contributed by atoms with Crippen molar-refractivity contribution in [1.82, 2.24) is 9.97 Å². The monoisotopic (exact) mass is 451 g/mol. The van der Waals surface area contributed by atoms with Crippen LogP contribution in [0.3, 0.4) is 0 Å². The molecular formula is C27H25N5O2. The fraction of sp³-hybridized carbons (Fsp3) is 0.111. The lowest BCUT2D eigenvalue weighted by molar-refractivity contribution is -0.114. The van der Waals surface area contributed by atoms with Gasteiger partial charge in [0.05, 0.1) is 5.69 Å². The maximum Gasteiger partial charge on any atom is 0.255 e. The molecule has 0 unspecified atom stereocenters. The van der Waals surface area contributed by atoms with Gasteiger partial charge < -0.3 is 16.0 Å². The molecule has 7 nitrogen and oxygen atoms in total. The van der Waals surface area contributed by atoms with Gasteiger partial charge in [-0.05, 0) is 49.7 Å². The number of hydrogen-bond donors (Lipinski definition) is 3. The number of hydrogen-bond acceptors (Lipinski definition) is 5. The van der Waals surface area contributed by atoms with Gasteiger partial charge in [-0.25, -0.2) is 9.97 Å². The Morgan fingerprint density at radius 1 is 0.765 bits per heavy atom. The third-order valence-electron chi connectivity index (χ3n) is 5.11. The standard InChI is InChI=1S/C27H25N5O2/c1-17-12-13-23(30-19(3)33)15-24(17)32-27(34)21-10-7-11-22(14-21)31-26-16-25(28-18(2)29-26)20-8-5-4-6-9-20/h4-16H,1-3H3,(H,30,33)(H,32,34)(H,28,29,31). The van der Waals surface area contributed by atoms with Crippen LogP contribution >= 0.6 is 0 Å². The van der Waals surface area contributed by atoms with E-state index in [2.05, 4.69) is 25.9 Å². The first-order valence-corrected chi connectivity index (χ1v) is 10.9. The molecule has 4 aromatic rings. The molecule has 3 aromatic carbocycles. The molecule has 0 fully saturated rings. The van der Waals surface area contributed by atoms with Gasteiger partial charge in [-0.1, -0.05) is 42.5 Å². The van der Waals surface area contributed by atoms with Crippen molar-refractivity contribution in [3.05, 3.63) is 95.8 Å². The van der Waals surface area contributed by atoms with Gasteiger partial charge in [-0.2, -0.15) is 0 Å². The van der Waals surface area contributed by atoms with Crippen LogP contribution in [0.4, 0.5) is 22.9 Å². The van der Waals surface area contributed by atoms with Crippen molar-refractivity contribution in [3.63, 3.8) is 0 Å². The second-order valence-electron chi connectivity index (χ2n) is 7.92. The van der Waals surface area contributed by atoms with Gasteiger partial charge in [-0.3, -0.25) is 9.59 Å². The first kappa shape index (κ1) is 22.7. The molecule has 0 radical (unpaired) electrons. The summed E-state index contributed by atoms with van der Waals surface area (Å²) in [5.41, 5.74) is 5.18. The summed E-state index contributed by atoms with van der Waals surface area (Å²) in [5.74, 6) is 0.862. The number of nitrogens with one attached hydrogen (secondary N) is 3. The summed E-state index contributed by atoms with van der Waals surface area (Å²) in [6.07, 6.45) is 0. The van der Waals surface area contributed by atoms with Gasteiger partial charge in [-0.15, -0.1) is 0 Å². The highest BCUT2D eigenvalue weighted by Crippen LogP contribution is 2.24. The highest BCUT2D eigenvalue weighted by Gasteiger charge is 2.11. The van der Waals surface area contributed by atoms with Crippen LogP contribution in [-0.2, 0) is 4.79 Å². The summed E-state index contributed by atoms with van der Waals surface area (Å²) in [4.78, 5) is 33.3. The highest BCUT2D eigenvalue weighted by molar-refractivity contribution is 6.05. The second-order valence-corrected chi connectivity index (χ2v) is 7.92. The number of benzene rings is 3. The SMILES string of the molecule is CC(=O)Nc1ccc(C)c(NC(=O)c2cccc(Nc3cc(-c4ccccc4)nc(C)n3)c2)c1. The van der Waals surface area contributed by atoms with E-state index in [9.17, 15) is 9.59 Å². The zero-order valence-corrected chi connectivity index (χ0v) is 19.2. The van der Waals surface area contributed by atoms with E-state index in [-0.39, 0.29) is 11.8 Å². The Kier molecular flexibility index (Phi) is 6.64. The molecule has 0 spiro atoms. The third-order valence-corrected chi connectivity index (χ3v) is 5.11. The average molecular weight is 452 g/mol. The number of carbonyl (C=O) groups excluding carboxylic acids is 2. The zero-order valence-electron chi connectivity index (χ0n) is 19.2. The molecule has 0 bridgehead atoms. The number of aromatic nitrogens is 2. The molecule has 0 saturated heterocycles. The molecular weight excluding hydrogens is 426 g/mol. The molecule has 0 saturated carbocycles. The second kappa shape index (κ2) is 9.95. The molecule has 2 amide bonds. The average Bonchev–Trinajstić information content (AvgIpc) is 2.81. The molecule has 4 rings (SSSR count). The van der Waals surface area contributed by atoms with Crippen molar-refractivity contribution >= 4 is 34.7 Å². The molecule has 170 valence electrons. The Bertz CT molecular complexity index is 1350. The van der Waals surface area contributed by atoms with Crippen molar-refractivity contribution in [3.8, 4) is 11.3 Å². The minimum absolute atomic E-state index is 0.171. The van der Waals surface area contributed by atoms with Gasteiger partial charge in [0.25, 0.3) is 5.91 Å². The summed E-state index contributed by atoms with van der Waals surface area (Å²) in [7, 11) is 0. The molecule has 1 heterocycles. The quantitative estimate of drug-likeness (QED) is 0.349. The Hall–Kier alpha value is -4.52. The van der Waals surface area contributed by atoms with Gasteiger partial charge in [0.15, 0.2) is 0 Å². The van der Waals surface area contributed by atoms with Crippen molar-refractivity contribution in [2.75, 3.05) is 16.0 Å². The van der Waals surface area contributed by atoms with Gasteiger partial charge in [0, 0.05) is 41.2 Å². The molecule has 7 heteroatoms. The maximum absolute atomic E-state index is 12.9. The van der Waals surface area contributed by atoms with E-state index in [0.29, 0.717) is 28.6 Å². The maximum atomic E-state index is 12.9. The lowest BCUT2D eigenvalue weighted by Crippen LogP contribution is -2.14. The summed E-state index contributed by atoms with van der Waals surface area (Å²) >= 11 is 0. The van der Waals surface area contributed by atoms with Crippen LogP contribution in [0, 0.1) is 13.8 Å². The number of rotatable bonds is 6.